The Labute approximate surface area is 119 Å². The fraction of sp³-hybridized carbons (Fsp3) is 0.200. The summed E-state index contributed by atoms with van der Waals surface area (Å²) in [5.41, 5.74) is 1.78. The van der Waals surface area contributed by atoms with Crippen LogP contribution >= 0.6 is 11.3 Å². The van der Waals surface area contributed by atoms with E-state index in [2.05, 4.69) is 0 Å². The molecular formula is C15H12O4S. The summed E-state index contributed by atoms with van der Waals surface area (Å²) < 4.78 is 10.0. The molecule has 2 heterocycles. The number of carbonyl (C=O) groups is 2. The second-order valence-electron chi connectivity index (χ2n) is 4.38. The fourth-order valence-corrected chi connectivity index (χ4v) is 2.88. The largest absolute Gasteiger partial charge is 0.463 e. The number of thiophene rings is 1. The van der Waals surface area contributed by atoms with Gasteiger partial charge in [-0.2, -0.15) is 0 Å². The number of ether oxygens (including phenoxy) is 2. The lowest BCUT2D eigenvalue weighted by atomic mass is 10.1. The molecule has 1 saturated heterocycles. The summed E-state index contributed by atoms with van der Waals surface area (Å²) in [5, 5.41) is 1.84. The minimum absolute atomic E-state index is 0.312. The zero-order valence-electron chi connectivity index (χ0n) is 10.6. The van der Waals surface area contributed by atoms with Crippen molar-refractivity contribution in [2.24, 2.45) is 0 Å². The number of cyclic esters (lactones) is 1. The van der Waals surface area contributed by atoms with E-state index in [4.69, 9.17) is 9.47 Å². The van der Waals surface area contributed by atoms with Crippen molar-refractivity contribution in [3.63, 3.8) is 0 Å². The van der Waals surface area contributed by atoms with Crippen molar-refractivity contribution in [3.8, 4) is 11.1 Å². The van der Waals surface area contributed by atoms with E-state index in [1.54, 1.807) is 0 Å². The van der Waals surface area contributed by atoms with Crippen molar-refractivity contribution in [1.82, 2.24) is 0 Å². The highest BCUT2D eigenvalue weighted by Crippen LogP contribution is 2.29. The Morgan fingerprint density at radius 1 is 1.25 bits per heavy atom. The van der Waals surface area contributed by atoms with E-state index in [0.717, 1.165) is 11.1 Å². The normalized spacial score (nSPS) is 17.8. The van der Waals surface area contributed by atoms with Crippen molar-refractivity contribution in [3.05, 3.63) is 46.7 Å². The smallest absolute Gasteiger partial charge is 0.349 e. The molecule has 2 aromatic rings. The first-order valence-corrected chi connectivity index (χ1v) is 7.14. The topological polar surface area (TPSA) is 52.6 Å². The van der Waals surface area contributed by atoms with E-state index in [9.17, 15) is 9.59 Å². The maximum Gasteiger partial charge on any atom is 0.349 e. The Hall–Kier alpha value is -2.14. The Morgan fingerprint density at radius 3 is 2.75 bits per heavy atom. The molecule has 5 heteroatoms. The summed E-state index contributed by atoms with van der Waals surface area (Å²) in [6, 6.07) is 11.5. The third-order valence-corrected chi connectivity index (χ3v) is 3.97. The Kier molecular flexibility index (Phi) is 3.52. The molecule has 102 valence electrons. The molecule has 0 unspecified atom stereocenters. The molecule has 4 nitrogen and oxygen atoms in total. The first-order valence-electron chi connectivity index (χ1n) is 6.26. The summed E-state index contributed by atoms with van der Waals surface area (Å²) in [7, 11) is 0. The molecule has 3 rings (SSSR count). The van der Waals surface area contributed by atoms with Gasteiger partial charge >= 0.3 is 11.9 Å². The van der Waals surface area contributed by atoms with Gasteiger partial charge in [0, 0.05) is 12.0 Å². The highest BCUT2D eigenvalue weighted by atomic mass is 32.1. The molecule has 0 spiro atoms. The molecule has 0 radical (unpaired) electrons. The van der Waals surface area contributed by atoms with Gasteiger partial charge < -0.3 is 9.47 Å². The van der Waals surface area contributed by atoms with E-state index in [0.29, 0.717) is 17.9 Å². The van der Waals surface area contributed by atoms with E-state index in [-0.39, 0.29) is 0 Å². The van der Waals surface area contributed by atoms with Gasteiger partial charge in [0.25, 0.3) is 0 Å². The number of hydrogen-bond acceptors (Lipinski definition) is 5. The number of rotatable bonds is 3. The maximum atomic E-state index is 12.2. The van der Waals surface area contributed by atoms with Gasteiger partial charge in [-0.1, -0.05) is 30.3 Å². The minimum atomic E-state index is -0.770. The third-order valence-electron chi connectivity index (χ3n) is 3.07. The average molecular weight is 288 g/mol. The van der Waals surface area contributed by atoms with Crippen LogP contribution in [-0.4, -0.2) is 24.6 Å². The highest BCUT2D eigenvalue weighted by molar-refractivity contribution is 7.12. The van der Waals surface area contributed by atoms with E-state index < -0.39 is 18.0 Å². The molecule has 0 amide bonds. The first-order chi connectivity index (χ1) is 9.75. The summed E-state index contributed by atoms with van der Waals surface area (Å²) in [5.74, 6) is -0.932. The fourth-order valence-electron chi connectivity index (χ4n) is 2.08. The average Bonchev–Trinajstić information content (AvgIpc) is 3.09. The van der Waals surface area contributed by atoms with Crippen LogP contribution in [0.5, 0.6) is 0 Å². The lowest BCUT2D eigenvalue weighted by molar-refractivity contribution is -0.145. The molecule has 1 aliphatic rings. The molecule has 1 aromatic heterocycles. The van der Waals surface area contributed by atoms with Gasteiger partial charge in [-0.25, -0.2) is 9.59 Å². The van der Waals surface area contributed by atoms with Crippen molar-refractivity contribution >= 4 is 23.3 Å². The molecule has 0 N–H and O–H groups in total. The van der Waals surface area contributed by atoms with Gasteiger partial charge in [0.05, 0.1) is 6.61 Å². The van der Waals surface area contributed by atoms with Gasteiger partial charge in [0.2, 0.25) is 6.10 Å². The van der Waals surface area contributed by atoms with Gasteiger partial charge in [0.15, 0.2) is 0 Å². The van der Waals surface area contributed by atoms with Gasteiger partial charge in [-0.15, -0.1) is 11.3 Å². The van der Waals surface area contributed by atoms with Crippen LogP contribution in [0.2, 0.25) is 0 Å². The zero-order chi connectivity index (χ0) is 13.9. The van der Waals surface area contributed by atoms with Gasteiger partial charge in [-0.05, 0) is 17.0 Å². The molecule has 1 aliphatic heterocycles. The van der Waals surface area contributed by atoms with E-state index >= 15 is 0 Å². The summed E-state index contributed by atoms with van der Waals surface area (Å²) in [6.45, 7) is 0.312. The van der Waals surface area contributed by atoms with Crippen LogP contribution in [0.15, 0.2) is 41.8 Å². The van der Waals surface area contributed by atoms with Gasteiger partial charge in [-0.3, -0.25) is 0 Å². The van der Waals surface area contributed by atoms with Crippen LogP contribution in [0, 0.1) is 0 Å². The maximum absolute atomic E-state index is 12.2. The SMILES string of the molecule is O=C(O[C@@H]1CCOC1=O)c1sccc1-c1ccccc1. The minimum Gasteiger partial charge on any atom is -0.463 e. The predicted octanol–water partition coefficient (Wildman–Crippen LogP) is 2.89. The molecule has 1 atom stereocenters. The molecule has 1 aromatic carbocycles. The Balaban J connectivity index is 1.83. The Bertz CT molecular complexity index is 632. The Morgan fingerprint density at radius 2 is 2.05 bits per heavy atom. The van der Waals surface area contributed by atoms with Crippen LogP contribution < -0.4 is 0 Å². The second kappa shape index (κ2) is 5.46. The van der Waals surface area contributed by atoms with Gasteiger partial charge in [0.1, 0.15) is 4.88 Å². The monoisotopic (exact) mass is 288 g/mol. The second-order valence-corrected chi connectivity index (χ2v) is 5.30. The molecule has 20 heavy (non-hydrogen) atoms. The summed E-state index contributed by atoms with van der Waals surface area (Å²) in [6.07, 6.45) is -0.343. The molecule has 0 saturated carbocycles. The molecule has 0 bridgehead atoms. The molecular weight excluding hydrogens is 276 g/mol. The number of carbonyl (C=O) groups excluding carboxylic acids is 2. The van der Waals surface area contributed by atoms with Crippen LogP contribution in [0.25, 0.3) is 11.1 Å². The van der Waals surface area contributed by atoms with Crippen molar-refractivity contribution in [1.29, 1.82) is 0 Å². The quantitative estimate of drug-likeness (QED) is 0.815. The summed E-state index contributed by atoms with van der Waals surface area (Å²) >= 11 is 1.31. The van der Waals surface area contributed by atoms with Crippen molar-refractivity contribution in [2.45, 2.75) is 12.5 Å². The van der Waals surface area contributed by atoms with Crippen LogP contribution in [0.4, 0.5) is 0 Å². The summed E-state index contributed by atoms with van der Waals surface area (Å²) in [4.78, 5) is 24.0. The number of esters is 2. The van der Waals surface area contributed by atoms with Crippen LogP contribution in [-0.2, 0) is 14.3 Å². The van der Waals surface area contributed by atoms with Crippen molar-refractivity contribution < 1.29 is 19.1 Å². The van der Waals surface area contributed by atoms with E-state index in [1.807, 2.05) is 41.8 Å². The van der Waals surface area contributed by atoms with Crippen LogP contribution in [0.1, 0.15) is 16.1 Å². The van der Waals surface area contributed by atoms with E-state index in [1.165, 1.54) is 11.3 Å². The predicted molar refractivity (Wildman–Crippen MR) is 74.5 cm³/mol. The number of hydrogen-bond donors (Lipinski definition) is 0. The number of benzene rings is 1. The lowest BCUT2D eigenvalue weighted by Crippen LogP contribution is -2.22. The molecule has 0 aliphatic carbocycles. The standard InChI is InChI=1S/C15H12O4S/c16-14-12(6-8-18-14)19-15(17)13-11(7-9-20-13)10-4-2-1-3-5-10/h1-5,7,9,12H,6,8H2/t12-/m1/s1. The lowest BCUT2D eigenvalue weighted by Gasteiger charge is -2.08. The molecule has 1 fully saturated rings. The van der Waals surface area contributed by atoms with Crippen LogP contribution in [0.3, 0.4) is 0 Å². The first kappa shape index (κ1) is 12.9. The highest BCUT2D eigenvalue weighted by Gasteiger charge is 2.31. The third kappa shape index (κ3) is 2.44. The van der Waals surface area contributed by atoms with Crippen molar-refractivity contribution in [2.75, 3.05) is 6.61 Å². The zero-order valence-corrected chi connectivity index (χ0v) is 11.4.